The van der Waals surface area contributed by atoms with Crippen LogP contribution in [0.2, 0.25) is 0 Å². The normalized spacial score (nSPS) is 20.6. The number of hydrogen-bond acceptors (Lipinski definition) is 3. The van der Waals surface area contributed by atoms with E-state index in [9.17, 15) is 9.59 Å². The van der Waals surface area contributed by atoms with Crippen LogP contribution in [0, 0.1) is 11.3 Å². The number of halogens is 1. The van der Waals surface area contributed by atoms with E-state index in [0.29, 0.717) is 5.56 Å². The lowest BCUT2D eigenvalue weighted by Gasteiger charge is -2.16. The monoisotopic (exact) mass is 338 g/mol. The molecule has 20 heavy (non-hydrogen) atoms. The number of carbonyl (C=O) groups excluding carboxylic acids is 2. The van der Waals surface area contributed by atoms with Crippen molar-refractivity contribution in [1.82, 2.24) is 0 Å². The first-order valence-corrected chi connectivity index (χ1v) is 7.62. The molecule has 0 N–H and O–H groups in total. The number of esters is 1. The summed E-state index contributed by atoms with van der Waals surface area (Å²) in [6.07, 6.45) is 2.74. The Morgan fingerprint density at radius 3 is 2.50 bits per heavy atom. The summed E-state index contributed by atoms with van der Waals surface area (Å²) in [7, 11) is 0. The number of Topliss-reactive ketones (excluding diaryl/α,β-unsaturated/α-hetero) is 1. The summed E-state index contributed by atoms with van der Waals surface area (Å²) >= 11 is 3.32. The molecule has 1 atom stereocenters. The van der Waals surface area contributed by atoms with Gasteiger partial charge in [0.15, 0.2) is 12.4 Å². The van der Waals surface area contributed by atoms with Crippen molar-refractivity contribution in [2.45, 2.75) is 33.1 Å². The highest BCUT2D eigenvalue weighted by Gasteiger charge is 2.36. The minimum atomic E-state index is -0.235. The van der Waals surface area contributed by atoms with Gasteiger partial charge in [-0.25, -0.2) is 0 Å². The molecule has 0 heterocycles. The second-order valence-electron chi connectivity index (χ2n) is 6.14. The van der Waals surface area contributed by atoms with Gasteiger partial charge in [-0.15, -0.1) is 0 Å². The zero-order valence-electron chi connectivity index (χ0n) is 11.8. The fourth-order valence-electron chi connectivity index (χ4n) is 2.61. The quantitative estimate of drug-likeness (QED) is 0.615. The van der Waals surface area contributed by atoms with E-state index >= 15 is 0 Å². The van der Waals surface area contributed by atoms with Crippen molar-refractivity contribution in [2.24, 2.45) is 11.3 Å². The summed E-state index contributed by atoms with van der Waals surface area (Å²) in [5, 5.41) is 0. The van der Waals surface area contributed by atoms with Crippen LogP contribution < -0.4 is 0 Å². The molecule has 1 saturated carbocycles. The summed E-state index contributed by atoms with van der Waals surface area (Å²) in [4.78, 5) is 23.9. The number of ketones is 1. The van der Waals surface area contributed by atoms with Crippen molar-refractivity contribution in [3.8, 4) is 0 Å². The van der Waals surface area contributed by atoms with Crippen molar-refractivity contribution in [3.05, 3.63) is 34.3 Å². The van der Waals surface area contributed by atoms with Crippen LogP contribution in [0.5, 0.6) is 0 Å². The molecule has 1 aromatic rings. The van der Waals surface area contributed by atoms with E-state index in [4.69, 9.17) is 4.74 Å². The molecule has 2 rings (SSSR count). The summed E-state index contributed by atoms with van der Waals surface area (Å²) in [5.74, 6) is -0.452. The molecule has 4 heteroatoms. The van der Waals surface area contributed by atoms with Gasteiger partial charge < -0.3 is 4.74 Å². The zero-order valence-corrected chi connectivity index (χ0v) is 13.4. The van der Waals surface area contributed by atoms with Crippen LogP contribution in [0.15, 0.2) is 28.7 Å². The van der Waals surface area contributed by atoms with Gasteiger partial charge in [0.25, 0.3) is 0 Å². The number of hydrogen-bond donors (Lipinski definition) is 0. The third kappa shape index (κ3) is 3.92. The highest BCUT2D eigenvalue weighted by Crippen LogP contribution is 2.41. The molecule has 1 aliphatic rings. The number of benzene rings is 1. The Balaban J connectivity index is 1.84. The molecule has 0 aliphatic heterocycles. The molecule has 1 aromatic carbocycles. The Morgan fingerprint density at radius 1 is 1.30 bits per heavy atom. The van der Waals surface area contributed by atoms with Crippen LogP contribution >= 0.6 is 15.9 Å². The van der Waals surface area contributed by atoms with Crippen LogP contribution in [0.1, 0.15) is 43.5 Å². The van der Waals surface area contributed by atoms with Crippen molar-refractivity contribution in [3.63, 3.8) is 0 Å². The first-order chi connectivity index (χ1) is 9.37. The largest absolute Gasteiger partial charge is 0.457 e. The van der Waals surface area contributed by atoms with Gasteiger partial charge in [-0.1, -0.05) is 41.9 Å². The van der Waals surface area contributed by atoms with Gasteiger partial charge in [0.05, 0.1) is 5.92 Å². The third-order valence-corrected chi connectivity index (χ3v) is 4.34. The van der Waals surface area contributed by atoms with Gasteiger partial charge in [0, 0.05) is 10.0 Å². The van der Waals surface area contributed by atoms with Crippen molar-refractivity contribution in [2.75, 3.05) is 6.61 Å². The Labute approximate surface area is 127 Å². The standard InChI is InChI=1S/C16H19BrO3/c1-16(2)8-7-12(9-16)15(19)20-10-14(18)11-3-5-13(17)6-4-11/h3-6,12H,7-10H2,1-2H3/t12-/m0/s1. The second kappa shape index (κ2) is 6.08. The lowest BCUT2D eigenvalue weighted by Crippen LogP contribution is -2.20. The van der Waals surface area contributed by atoms with Crippen molar-refractivity contribution in [1.29, 1.82) is 0 Å². The average Bonchev–Trinajstić information content (AvgIpc) is 2.77. The SMILES string of the molecule is CC1(C)CC[C@H](C(=O)OCC(=O)c2ccc(Br)cc2)C1. The van der Waals surface area contributed by atoms with E-state index in [1.165, 1.54) is 0 Å². The van der Waals surface area contributed by atoms with Crippen LogP contribution in [-0.4, -0.2) is 18.4 Å². The Kier molecular flexibility index (Phi) is 4.63. The van der Waals surface area contributed by atoms with Gasteiger partial charge in [0.1, 0.15) is 0 Å². The summed E-state index contributed by atoms with van der Waals surface area (Å²) in [5.41, 5.74) is 0.770. The summed E-state index contributed by atoms with van der Waals surface area (Å²) in [6, 6.07) is 7.04. The lowest BCUT2D eigenvalue weighted by molar-refractivity contribution is -0.147. The van der Waals surface area contributed by atoms with E-state index in [1.54, 1.807) is 24.3 Å². The molecule has 0 saturated heterocycles. The molecule has 108 valence electrons. The maximum Gasteiger partial charge on any atom is 0.309 e. The predicted molar refractivity (Wildman–Crippen MR) is 80.6 cm³/mol. The molecule has 0 unspecified atom stereocenters. The fraction of sp³-hybridized carbons (Fsp3) is 0.500. The summed E-state index contributed by atoms with van der Waals surface area (Å²) < 4.78 is 6.08. The molecular formula is C16H19BrO3. The van der Waals surface area contributed by atoms with Gasteiger partial charge in [-0.3, -0.25) is 9.59 Å². The van der Waals surface area contributed by atoms with Gasteiger partial charge in [-0.2, -0.15) is 0 Å². The smallest absolute Gasteiger partial charge is 0.309 e. The molecule has 0 spiro atoms. The molecule has 3 nitrogen and oxygen atoms in total. The molecule has 0 radical (unpaired) electrons. The number of ether oxygens (including phenoxy) is 1. The maximum atomic E-state index is 11.9. The molecule has 0 bridgehead atoms. The Morgan fingerprint density at radius 2 is 1.95 bits per heavy atom. The topological polar surface area (TPSA) is 43.4 Å². The first kappa shape index (κ1) is 15.2. The third-order valence-electron chi connectivity index (χ3n) is 3.81. The minimum absolute atomic E-state index is 0.0530. The first-order valence-electron chi connectivity index (χ1n) is 6.83. The lowest BCUT2D eigenvalue weighted by atomic mass is 9.91. The molecule has 0 amide bonds. The molecule has 1 aliphatic carbocycles. The number of carbonyl (C=O) groups is 2. The highest BCUT2D eigenvalue weighted by molar-refractivity contribution is 9.10. The van der Waals surface area contributed by atoms with Crippen LogP contribution in [0.25, 0.3) is 0 Å². The number of rotatable bonds is 4. The van der Waals surface area contributed by atoms with Gasteiger partial charge in [-0.05, 0) is 36.8 Å². The van der Waals surface area contributed by atoms with Gasteiger partial charge >= 0.3 is 5.97 Å². The fourth-order valence-corrected chi connectivity index (χ4v) is 2.88. The van der Waals surface area contributed by atoms with Crippen LogP contribution in [0.4, 0.5) is 0 Å². The average molecular weight is 339 g/mol. The Hall–Kier alpha value is -1.16. The molecular weight excluding hydrogens is 320 g/mol. The van der Waals surface area contributed by atoms with Crippen molar-refractivity contribution >= 4 is 27.7 Å². The summed E-state index contributed by atoms with van der Waals surface area (Å²) in [6.45, 7) is 4.15. The van der Waals surface area contributed by atoms with Crippen molar-refractivity contribution < 1.29 is 14.3 Å². The van der Waals surface area contributed by atoms with E-state index in [1.807, 2.05) is 0 Å². The van der Waals surface area contributed by atoms with E-state index in [0.717, 1.165) is 23.7 Å². The van der Waals surface area contributed by atoms with Crippen LogP contribution in [-0.2, 0) is 9.53 Å². The molecule has 1 fully saturated rings. The van der Waals surface area contributed by atoms with Gasteiger partial charge in [0.2, 0.25) is 0 Å². The Bertz CT molecular complexity index is 505. The highest BCUT2D eigenvalue weighted by atomic mass is 79.9. The van der Waals surface area contributed by atoms with Crippen LogP contribution in [0.3, 0.4) is 0 Å². The van der Waals surface area contributed by atoms with E-state index in [2.05, 4.69) is 29.8 Å². The second-order valence-corrected chi connectivity index (χ2v) is 7.06. The maximum absolute atomic E-state index is 11.9. The van der Waals surface area contributed by atoms with E-state index < -0.39 is 0 Å². The predicted octanol–water partition coefficient (Wildman–Crippen LogP) is 4.00. The van der Waals surface area contributed by atoms with E-state index in [-0.39, 0.29) is 29.7 Å². The zero-order chi connectivity index (χ0) is 14.8. The minimum Gasteiger partial charge on any atom is -0.457 e. The molecule has 0 aromatic heterocycles.